The van der Waals surface area contributed by atoms with Crippen molar-refractivity contribution >= 4 is 0 Å². The molecule has 1 aromatic carbocycles. The molecule has 84 valence electrons. The smallest absolute Gasteiger partial charge is 0.0786 e. The Balaban J connectivity index is 2.31. The lowest BCUT2D eigenvalue weighted by atomic mass is 10.1. The van der Waals surface area contributed by atoms with Gasteiger partial charge in [0, 0.05) is 19.6 Å². The summed E-state index contributed by atoms with van der Waals surface area (Å²) in [5.41, 5.74) is 7.88. The predicted molar refractivity (Wildman–Crippen MR) is 62.6 cm³/mol. The van der Waals surface area contributed by atoms with Gasteiger partial charge in [0.05, 0.1) is 6.10 Å². The summed E-state index contributed by atoms with van der Waals surface area (Å²) in [5.74, 6) is 0. The van der Waals surface area contributed by atoms with E-state index >= 15 is 0 Å². The third-order valence-electron chi connectivity index (χ3n) is 2.41. The summed E-state index contributed by atoms with van der Waals surface area (Å²) in [4.78, 5) is 0. The fourth-order valence-electron chi connectivity index (χ4n) is 1.36. The third kappa shape index (κ3) is 4.42. The quantitative estimate of drug-likeness (QED) is 0.643. The van der Waals surface area contributed by atoms with Crippen LogP contribution in [0.3, 0.4) is 0 Å². The van der Waals surface area contributed by atoms with Gasteiger partial charge >= 0.3 is 0 Å². The molecule has 0 amide bonds. The number of benzene rings is 1. The van der Waals surface area contributed by atoms with Gasteiger partial charge in [0.1, 0.15) is 0 Å². The molecule has 1 rings (SSSR count). The number of hydrogen-bond acceptors (Lipinski definition) is 3. The molecular formula is C12H20N2O. The van der Waals surface area contributed by atoms with E-state index in [0.717, 1.165) is 13.0 Å². The maximum Gasteiger partial charge on any atom is 0.0786 e. The fourth-order valence-corrected chi connectivity index (χ4v) is 1.36. The van der Waals surface area contributed by atoms with E-state index in [2.05, 4.69) is 36.5 Å². The zero-order chi connectivity index (χ0) is 11.1. The van der Waals surface area contributed by atoms with Crippen molar-refractivity contribution in [1.29, 1.82) is 0 Å². The second kappa shape index (κ2) is 6.56. The molecule has 0 aliphatic carbocycles. The van der Waals surface area contributed by atoms with E-state index in [-0.39, 0.29) is 0 Å². The van der Waals surface area contributed by atoms with Gasteiger partial charge in [-0.25, -0.2) is 0 Å². The van der Waals surface area contributed by atoms with Crippen LogP contribution in [0.15, 0.2) is 24.3 Å². The first-order chi connectivity index (χ1) is 7.26. The van der Waals surface area contributed by atoms with Crippen molar-refractivity contribution in [1.82, 2.24) is 5.32 Å². The maximum absolute atomic E-state index is 9.23. The van der Waals surface area contributed by atoms with Gasteiger partial charge in [-0.15, -0.1) is 0 Å². The van der Waals surface area contributed by atoms with Crippen molar-refractivity contribution in [3.63, 3.8) is 0 Å². The largest absolute Gasteiger partial charge is 0.390 e. The van der Waals surface area contributed by atoms with Crippen molar-refractivity contribution in [2.24, 2.45) is 5.73 Å². The average Bonchev–Trinajstić information content (AvgIpc) is 2.29. The molecule has 4 N–H and O–H groups in total. The van der Waals surface area contributed by atoms with E-state index in [4.69, 9.17) is 5.73 Å². The van der Waals surface area contributed by atoms with Gasteiger partial charge in [0.25, 0.3) is 0 Å². The second-order valence-corrected chi connectivity index (χ2v) is 3.69. The van der Waals surface area contributed by atoms with Crippen LogP contribution in [0.1, 0.15) is 18.1 Å². The highest BCUT2D eigenvalue weighted by atomic mass is 16.3. The molecule has 3 nitrogen and oxygen atoms in total. The number of nitrogens with two attached hydrogens (primary N) is 1. The Labute approximate surface area is 91.3 Å². The molecule has 0 saturated carbocycles. The number of hydrogen-bond donors (Lipinski definition) is 3. The topological polar surface area (TPSA) is 58.3 Å². The highest BCUT2D eigenvalue weighted by Crippen LogP contribution is 2.04. The van der Waals surface area contributed by atoms with Crippen molar-refractivity contribution in [3.05, 3.63) is 35.4 Å². The van der Waals surface area contributed by atoms with E-state index in [0.29, 0.717) is 13.1 Å². The van der Waals surface area contributed by atoms with Gasteiger partial charge in [0.2, 0.25) is 0 Å². The van der Waals surface area contributed by atoms with Crippen molar-refractivity contribution in [2.75, 3.05) is 13.1 Å². The summed E-state index contributed by atoms with van der Waals surface area (Å²) in [6.45, 7) is 3.78. The highest BCUT2D eigenvalue weighted by molar-refractivity contribution is 5.22. The van der Waals surface area contributed by atoms with Crippen LogP contribution in [0.4, 0.5) is 0 Å². The van der Waals surface area contributed by atoms with Crippen LogP contribution in [-0.4, -0.2) is 24.3 Å². The minimum absolute atomic E-state index is 0.307. The van der Waals surface area contributed by atoms with Gasteiger partial charge < -0.3 is 16.2 Å². The highest BCUT2D eigenvalue weighted by Gasteiger charge is 1.99. The molecule has 0 bridgehead atoms. The van der Waals surface area contributed by atoms with E-state index in [1.54, 1.807) is 0 Å². The van der Waals surface area contributed by atoms with Crippen molar-refractivity contribution in [3.8, 4) is 0 Å². The summed E-state index contributed by atoms with van der Waals surface area (Å²) in [6, 6.07) is 8.49. The zero-order valence-corrected chi connectivity index (χ0v) is 9.24. The van der Waals surface area contributed by atoms with Crippen molar-refractivity contribution in [2.45, 2.75) is 26.0 Å². The molecule has 0 aromatic heterocycles. The van der Waals surface area contributed by atoms with Crippen LogP contribution in [0.2, 0.25) is 0 Å². The number of aliphatic hydroxyl groups is 1. The van der Waals surface area contributed by atoms with E-state index in [1.807, 2.05) is 0 Å². The summed E-state index contributed by atoms with van der Waals surface area (Å²) in [5, 5.41) is 12.4. The predicted octanol–water partition coefficient (Wildman–Crippen LogP) is 0.658. The Bertz CT molecular complexity index is 271. The Morgan fingerprint density at radius 1 is 1.27 bits per heavy atom. The van der Waals surface area contributed by atoms with E-state index in [1.165, 1.54) is 11.1 Å². The van der Waals surface area contributed by atoms with Gasteiger partial charge in [-0.1, -0.05) is 31.2 Å². The molecule has 0 heterocycles. The minimum Gasteiger partial charge on any atom is -0.390 e. The molecule has 1 unspecified atom stereocenters. The molecule has 0 aliphatic heterocycles. The number of nitrogens with one attached hydrogen (secondary N) is 1. The number of aliphatic hydroxyl groups excluding tert-OH is 1. The molecular weight excluding hydrogens is 188 g/mol. The maximum atomic E-state index is 9.23. The Morgan fingerprint density at radius 3 is 2.40 bits per heavy atom. The molecule has 3 heteroatoms. The van der Waals surface area contributed by atoms with E-state index < -0.39 is 6.10 Å². The van der Waals surface area contributed by atoms with Crippen LogP contribution in [0.25, 0.3) is 0 Å². The van der Waals surface area contributed by atoms with Crippen LogP contribution in [-0.2, 0) is 13.0 Å². The van der Waals surface area contributed by atoms with Crippen LogP contribution < -0.4 is 11.1 Å². The van der Waals surface area contributed by atoms with Gasteiger partial charge in [0.15, 0.2) is 0 Å². The Kier molecular flexibility index (Phi) is 5.32. The molecule has 1 aromatic rings. The normalized spacial score (nSPS) is 12.7. The Hall–Kier alpha value is -0.900. The molecule has 0 fully saturated rings. The zero-order valence-electron chi connectivity index (χ0n) is 9.24. The van der Waals surface area contributed by atoms with Crippen LogP contribution >= 0.6 is 0 Å². The summed E-state index contributed by atoms with van der Waals surface area (Å²) >= 11 is 0. The average molecular weight is 208 g/mol. The SMILES string of the molecule is CCc1ccc(CNCC(O)CN)cc1. The van der Waals surface area contributed by atoms with Gasteiger partial charge in [-0.05, 0) is 17.5 Å². The second-order valence-electron chi connectivity index (χ2n) is 3.69. The molecule has 0 saturated heterocycles. The van der Waals surface area contributed by atoms with Crippen molar-refractivity contribution < 1.29 is 5.11 Å². The summed E-state index contributed by atoms with van der Waals surface area (Å²) in [6.07, 6.45) is 0.625. The first-order valence-corrected chi connectivity index (χ1v) is 5.43. The summed E-state index contributed by atoms with van der Waals surface area (Å²) < 4.78 is 0. The first-order valence-electron chi connectivity index (χ1n) is 5.43. The Morgan fingerprint density at radius 2 is 1.87 bits per heavy atom. The van der Waals surface area contributed by atoms with E-state index in [9.17, 15) is 5.11 Å². The molecule has 0 radical (unpaired) electrons. The first kappa shape index (κ1) is 12.2. The fraction of sp³-hybridized carbons (Fsp3) is 0.500. The van der Waals surface area contributed by atoms with Crippen LogP contribution in [0, 0.1) is 0 Å². The lowest BCUT2D eigenvalue weighted by Crippen LogP contribution is -2.32. The summed E-state index contributed by atoms with van der Waals surface area (Å²) in [7, 11) is 0. The van der Waals surface area contributed by atoms with Gasteiger partial charge in [-0.3, -0.25) is 0 Å². The molecule has 0 spiro atoms. The molecule has 15 heavy (non-hydrogen) atoms. The van der Waals surface area contributed by atoms with Gasteiger partial charge in [-0.2, -0.15) is 0 Å². The lowest BCUT2D eigenvalue weighted by Gasteiger charge is -2.09. The standard InChI is InChI=1S/C12H20N2O/c1-2-10-3-5-11(6-4-10)8-14-9-12(15)7-13/h3-6,12,14-15H,2,7-9,13H2,1H3. The third-order valence-corrected chi connectivity index (χ3v) is 2.41. The number of aryl methyl sites for hydroxylation is 1. The molecule has 1 atom stereocenters. The monoisotopic (exact) mass is 208 g/mol. The lowest BCUT2D eigenvalue weighted by molar-refractivity contribution is 0.179. The molecule has 0 aliphatic rings. The van der Waals surface area contributed by atoms with Crippen LogP contribution in [0.5, 0.6) is 0 Å². The number of rotatable bonds is 6. The minimum atomic E-state index is -0.445.